The first-order valence-corrected chi connectivity index (χ1v) is 6.11. The van der Waals surface area contributed by atoms with Crippen molar-refractivity contribution in [1.29, 1.82) is 0 Å². The van der Waals surface area contributed by atoms with Crippen LogP contribution in [-0.2, 0) is 17.7 Å². The molecule has 0 fully saturated rings. The minimum Gasteiger partial charge on any atom is -0.493 e. The zero-order chi connectivity index (χ0) is 12.3. The van der Waals surface area contributed by atoms with Crippen molar-refractivity contribution in [2.24, 2.45) is 0 Å². The molecule has 0 unspecified atom stereocenters. The highest BCUT2D eigenvalue weighted by Gasteiger charge is 2.16. The Bertz CT molecular complexity index is 388. The van der Waals surface area contributed by atoms with Gasteiger partial charge in [0.1, 0.15) is 5.75 Å². The van der Waals surface area contributed by atoms with E-state index in [9.17, 15) is 0 Å². The van der Waals surface area contributed by atoms with Crippen LogP contribution in [0.3, 0.4) is 0 Å². The Kier molecular flexibility index (Phi) is 3.69. The molecule has 1 aromatic rings. The third-order valence-electron chi connectivity index (χ3n) is 3.19. The quantitative estimate of drug-likeness (QED) is 0.848. The van der Waals surface area contributed by atoms with Gasteiger partial charge in [-0.2, -0.15) is 0 Å². The van der Waals surface area contributed by atoms with E-state index in [0.717, 1.165) is 31.9 Å². The molecule has 0 atom stereocenters. The second-order valence-electron chi connectivity index (χ2n) is 5.11. The summed E-state index contributed by atoms with van der Waals surface area (Å²) >= 11 is 0. The van der Waals surface area contributed by atoms with Crippen molar-refractivity contribution in [2.75, 3.05) is 20.3 Å². The van der Waals surface area contributed by atoms with Gasteiger partial charge in [0.25, 0.3) is 0 Å². The van der Waals surface area contributed by atoms with Gasteiger partial charge in [-0.1, -0.05) is 12.1 Å². The summed E-state index contributed by atoms with van der Waals surface area (Å²) in [7, 11) is 1.74. The Hall–Kier alpha value is -1.06. The van der Waals surface area contributed by atoms with Gasteiger partial charge in [-0.05, 0) is 31.0 Å². The highest BCUT2D eigenvalue weighted by Crippen LogP contribution is 2.25. The fourth-order valence-corrected chi connectivity index (χ4v) is 1.93. The molecule has 0 spiro atoms. The molecule has 3 nitrogen and oxygen atoms in total. The largest absolute Gasteiger partial charge is 0.493 e. The number of methoxy groups -OCH3 is 1. The van der Waals surface area contributed by atoms with E-state index in [2.05, 4.69) is 37.4 Å². The summed E-state index contributed by atoms with van der Waals surface area (Å²) in [5.41, 5.74) is 2.52. The molecule has 94 valence electrons. The standard InChI is InChI=1S/C14H21NO2/c1-14(2,16-3)10-15-9-11-4-5-13-12(8-11)6-7-17-13/h4-5,8,15H,6-7,9-10H2,1-3H3. The van der Waals surface area contributed by atoms with E-state index in [1.165, 1.54) is 11.1 Å². The molecule has 1 aromatic carbocycles. The van der Waals surface area contributed by atoms with Gasteiger partial charge >= 0.3 is 0 Å². The molecule has 0 aromatic heterocycles. The first kappa shape index (κ1) is 12.4. The Labute approximate surface area is 103 Å². The van der Waals surface area contributed by atoms with Gasteiger partial charge in [0.15, 0.2) is 0 Å². The fraction of sp³-hybridized carbons (Fsp3) is 0.571. The van der Waals surface area contributed by atoms with E-state index in [0.29, 0.717) is 0 Å². The Morgan fingerprint density at radius 1 is 1.41 bits per heavy atom. The van der Waals surface area contributed by atoms with Crippen molar-refractivity contribution in [3.05, 3.63) is 29.3 Å². The third-order valence-corrected chi connectivity index (χ3v) is 3.19. The number of benzene rings is 1. The van der Waals surface area contributed by atoms with Crippen LogP contribution in [0.5, 0.6) is 5.75 Å². The van der Waals surface area contributed by atoms with Crippen LogP contribution in [0.1, 0.15) is 25.0 Å². The summed E-state index contributed by atoms with van der Waals surface area (Å²) < 4.78 is 10.9. The normalized spacial score (nSPS) is 14.5. The van der Waals surface area contributed by atoms with Crippen LogP contribution < -0.4 is 10.1 Å². The number of fused-ring (bicyclic) bond motifs is 1. The molecule has 0 radical (unpaired) electrons. The van der Waals surface area contributed by atoms with Crippen LogP contribution in [0.2, 0.25) is 0 Å². The molecule has 1 heterocycles. The first-order chi connectivity index (χ1) is 8.11. The molecule has 0 amide bonds. The Balaban J connectivity index is 1.88. The lowest BCUT2D eigenvalue weighted by atomic mass is 10.1. The number of hydrogen-bond acceptors (Lipinski definition) is 3. The second-order valence-corrected chi connectivity index (χ2v) is 5.11. The summed E-state index contributed by atoms with van der Waals surface area (Å²) in [6.45, 7) is 6.70. The van der Waals surface area contributed by atoms with Gasteiger partial charge < -0.3 is 14.8 Å². The van der Waals surface area contributed by atoms with E-state index in [1.807, 2.05) is 0 Å². The lowest BCUT2D eigenvalue weighted by Crippen LogP contribution is -2.36. The maximum absolute atomic E-state index is 5.49. The van der Waals surface area contributed by atoms with Crippen LogP contribution in [-0.4, -0.2) is 25.9 Å². The molecule has 0 saturated heterocycles. The van der Waals surface area contributed by atoms with Crippen molar-refractivity contribution < 1.29 is 9.47 Å². The number of hydrogen-bond donors (Lipinski definition) is 1. The molecule has 2 rings (SSSR count). The first-order valence-electron chi connectivity index (χ1n) is 6.11. The zero-order valence-electron chi connectivity index (χ0n) is 10.9. The SMILES string of the molecule is COC(C)(C)CNCc1ccc2c(c1)CCO2. The Morgan fingerprint density at radius 2 is 2.24 bits per heavy atom. The minimum atomic E-state index is -0.111. The van der Waals surface area contributed by atoms with Gasteiger partial charge in [0, 0.05) is 26.6 Å². The van der Waals surface area contributed by atoms with Crippen molar-refractivity contribution in [3.8, 4) is 5.75 Å². The van der Waals surface area contributed by atoms with Gasteiger partial charge in [-0.25, -0.2) is 0 Å². The van der Waals surface area contributed by atoms with Crippen LogP contribution in [0.25, 0.3) is 0 Å². The monoisotopic (exact) mass is 235 g/mol. The average molecular weight is 235 g/mol. The van der Waals surface area contributed by atoms with Crippen LogP contribution in [0.4, 0.5) is 0 Å². The van der Waals surface area contributed by atoms with E-state index < -0.39 is 0 Å². The summed E-state index contributed by atoms with van der Waals surface area (Å²) in [4.78, 5) is 0. The maximum atomic E-state index is 5.49. The molecular weight excluding hydrogens is 214 g/mol. The van der Waals surface area contributed by atoms with E-state index in [4.69, 9.17) is 9.47 Å². The van der Waals surface area contributed by atoms with Crippen LogP contribution in [0, 0.1) is 0 Å². The average Bonchev–Trinajstić information content (AvgIpc) is 2.76. The molecule has 1 aliphatic rings. The fourth-order valence-electron chi connectivity index (χ4n) is 1.93. The Morgan fingerprint density at radius 3 is 3.00 bits per heavy atom. The molecule has 3 heteroatoms. The van der Waals surface area contributed by atoms with Gasteiger partial charge in [0.2, 0.25) is 0 Å². The lowest BCUT2D eigenvalue weighted by Gasteiger charge is -2.23. The van der Waals surface area contributed by atoms with Crippen molar-refractivity contribution in [3.63, 3.8) is 0 Å². The third kappa shape index (κ3) is 3.20. The maximum Gasteiger partial charge on any atom is 0.122 e. The van der Waals surface area contributed by atoms with Crippen LogP contribution in [0.15, 0.2) is 18.2 Å². The van der Waals surface area contributed by atoms with E-state index >= 15 is 0 Å². The molecule has 17 heavy (non-hydrogen) atoms. The summed E-state index contributed by atoms with van der Waals surface area (Å²) in [5.74, 6) is 1.05. The highest BCUT2D eigenvalue weighted by atomic mass is 16.5. The lowest BCUT2D eigenvalue weighted by molar-refractivity contribution is 0.0230. The smallest absolute Gasteiger partial charge is 0.122 e. The molecule has 0 bridgehead atoms. The zero-order valence-corrected chi connectivity index (χ0v) is 10.9. The van der Waals surface area contributed by atoms with Crippen molar-refractivity contribution in [2.45, 2.75) is 32.4 Å². The molecule has 0 saturated carbocycles. The van der Waals surface area contributed by atoms with Gasteiger partial charge in [-0.15, -0.1) is 0 Å². The van der Waals surface area contributed by atoms with Crippen LogP contribution >= 0.6 is 0 Å². The number of nitrogens with one attached hydrogen (secondary N) is 1. The van der Waals surface area contributed by atoms with E-state index in [-0.39, 0.29) is 5.60 Å². The highest BCUT2D eigenvalue weighted by molar-refractivity contribution is 5.39. The molecule has 0 aliphatic carbocycles. The minimum absolute atomic E-state index is 0.111. The van der Waals surface area contributed by atoms with E-state index in [1.54, 1.807) is 7.11 Å². The van der Waals surface area contributed by atoms with Gasteiger partial charge in [0.05, 0.1) is 12.2 Å². The molecular formula is C14H21NO2. The topological polar surface area (TPSA) is 30.5 Å². The van der Waals surface area contributed by atoms with Crippen molar-refractivity contribution >= 4 is 0 Å². The molecule has 1 aliphatic heterocycles. The predicted molar refractivity (Wildman–Crippen MR) is 68.4 cm³/mol. The number of ether oxygens (including phenoxy) is 2. The summed E-state index contributed by atoms with van der Waals surface area (Å²) in [5, 5.41) is 3.42. The predicted octanol–water partition coefficient (Wildman–Crippen LogP) is 2.14. The second kappa shape index (κ2) is 5.07. The summed E-state index contributed by atoms with van der Waals surface area (Å²) in [6.07, 6.45) is 1.03. The van der Waals surface area contributed by atoms with Gasteiger partial charge in [-0.3, -0.25) is 0 Å². The van der Waals surface area contributed by atoms with Crippen molar-refractivity contribution in [1.82, 2.24) is 5.32 Å². The number of rotatable bonds is 5. The summed E-state index contributed by atoms with van der Waals surface area (Å²) in [6, 6.07) is 6.42. The molecule has 1 N–H and O–H groups in total.